The molecule has 1 fully saturated rings. The standard InChI is InChI=1S/C8H8F7NO2/c9-6(10,7(11,12)8(13,14)15)5(4(17)18)1-3(16)2-5/h3H,1-2,16H2,(H,17,18). The van der Waals surface area contributed by atoms with Crippen LogP contribution in [0.15, 0.2) is 0 Å². The molecular formula is C8H8F7NO2. The topological polar surface area (TPSA) is 63.3 Å². The van der Waals surface area contributed by atoms with Crippen molar-refractivity contribution in [1.82, 2.24) is 0 Å². The van der Waals surface area contributed by atoms with E-state index in [0.29, 0.717) is 0 Å². The molecule has 0 saturated heterocycles. The lowest BCUT2D eigenvalue weighted by Gasteiger charge is -2.49. The molecule has 0 radical (unpaired) electrons. The van der Waals surface area contributed by atoms with Crippen LogP contribution in [0.25, 0.3) is 0 Å². The van der Waals surface area contributed by atoms with Crippen LogP contribution in [-0.2, 0) is 4.79 Å². The van der Waals surface area contributed by atoms with Gasteiger partial charge in [-0.2, -0.15) is 30.7 Å². The van der Waals surface area contributed by atoms with Gasteiger partial charge in [0, 0.05) is 6.04 Å². The second kappa shape index (κ2) is 3.72. The van der Waals surface area contributed by atoms with Crippen LogP contribution in [0.4, 0.5) is 30.7 Å². The van der Waals surface area contributed by atoms with E-state index in [0.717, 1.165) is 0 Å². The lowest BCUT2D eigenvalue weighted by Crippen LogP contribution is -2.69. The number of rotatable bonds is 3. The van der Waals surface area contributed by atoms with E-state index in [1.807, 2.05) is 0 Å². The third-order valence-corrected chi connectivity index (χ3v) is 2.98. The minimum Gasteiger partial charge on any atom is -0.481 e. The quantitative estimate of drug-likeness (QED) is 0.779. The molecule has 0 unspecified atom stereocenters. The predicted octanol–water partition coefficient (Wildman–Crippen LogP) is 2.01. The van der Waals surface area contributed by atoms with E-state index in [-0.39, 0.29) is 0 Å². The third kappa shape index (κ3) is 1.65. The Labute approximate surface area is 95.7 Å². The van der Waals surface area contributed by atoms with E-state index < -0.39 is 48.3 Å². The van der Waals surface area contributed by atoms with Crippen LogP contribution in [0.5, 0.6) is 0 Å². The number of hydrogen-bond donors (Lipinski definition) is 2. The summed E-state index contributed by atoms with van der Waals surface area (Å²) >= 11 is 0. The first-order valence-electron chi connectivity index (χ1n) is 4.61. The Morgan fingerprint density at radius 1 is 1.11 bits per heavy atom. The molecule has 0 atom stereocenters. The molecule has 0 aromatic rings. The Balaban J connectivity index is 3.24. The summed E-state index contributed by atoms with van der Waals surface area (Å²) in [5.74, 6) is -14.6. The van der Waals surface area contributed by atoms with Crippen molar-refractivity contribution < 1.29 is 40.6 Å². The van der Waals surface area contributed by atoms with Gasteiger partial charge in [-0.15, -0.1) is 0 Å². The van der Waals surface area contributed by atoms with Gasteiger partial charge in [0.25, 0.3) is 0 Å². The van der Waals surface area contributed by atoms with Gasteiger partial charge in [-0.1, -0.05) is 0 Å². The molecular weight excluding hydrogens is 275 g/mol. The van der Waals surface area contributed by atoms with Crippen molar-refractivity contribution >= 4 is 5.97 Å². The lowest BCUT2D eigenvalue weighted by atomic mass is 9.60. The molecule has 1 aliphatic rings. The molecule has 1 aliphatic carbocycles. The average molecular weight is 283 g/mol. The Kier molecular flexibility index (Phi) is 3.10. The van der Waals surface area contributed by atoms with Crippen molar-refractivity contribution in [2.75, 3.05) is 0 Å². The van der Waals surface area contributed by atoms with Gasteiger partial charge in [-0.25, -0.2) is 0 Å². The highest BCUT2D eigenvalue weighted by atomic mass is 19.4. The summed E-state index contributed by atoms with van der Waals surface area (Å²) in [5, 5.41) is 8.53. The normalized spacial score (nSPS) is 29.9. The Morgan fingerprint density at radius 3 is 1.72 bits per heavy atom. The first kappa shape index (κ1) is 15.0. The van der Waals surface area contributed by atoms with Crippen molar-refractivity contribution in [3.05, 3.63) is 0 Å². The third-order valence-electron chi connectivity index (χ3n) is 2.98. The monoisotopic (exact) mass is 283 g/mol. The van der Waals surface area contributed by atoms with Gasteiger partial charge in [0.1, 0.15) is 5.41 Å². The maximum atomic E-state index is 13.3. The van der Waals surface area contributed by atoms with E-state index in [9.17, 15) is 35.5 Å². The number of carboxylic acid groups (broad SMARTS) is 1. The van der Waals surface area contributed by atoms with E-state index >= 15 is 0 Å². The molecule has 106 valence electrons. The Morgan fingerprint density at radius 2 is 1.50 bits per heavy atom. The fourth-order valence-electron chi connectivity index (χ4n) is 1.88. The molecule has 0 heterocycles. The van der Waals surface area contributed by atoms with Crippen LogP contribution in [-0.4, -0.2) is 35.1 Å². The summed E-state index contributed by atoms with van der Waals surface area (Å²) in [7, 11) is 0. The molecule has 0 aromatic heterocycles. The molecule has 3 nitrogen and oxygen atoms in total. The van der Waals surface area contributed by atoms with Gasteiger partial charge in [0.05, 0.1) is 0 Å². The summed E-state index contributed by atoms with van der Waals surface area (Å²) in [4.78, 5) is 10.6. The number of carboxylic acids is 1. The van der Waals surface area contributed by atoms with Crippen LogP contribution in [0.1, 0.15) is 12.8 Å². The van der Waals surface area contributed by atoms with Crippen molar-refractivity contribution in [3.8, 4) is 0 Å². The van der Waals surface area contributed by atoms with Crippen molar-refractivity contribution in [2.24, 2.45) is 11.1 Å². The molecule has 0 aliphatic heterocycles. The number of alkyl halides is 7. The van der Waals surface area contributed by atoms with Gasteiger partial charge in [0.15, 0.2) is 0 Å². The molecule has 0 aromatic carbocycles. The minimum atomic E-state index is -6.54. The molecule has 0 bridgehead atoms. The molecule has 1 rings (SSSR count). The zero-order valence-corrected chi connectivity index (χ0v) is 8.57. The average Bonchev–Trinajstić information content (AvgIpc) is 2.09. The highest BCUT2D eigenvalue weighted by Gasteiger charge is 2.83. The number of nitrogens with two attached hydrogens (primary N) is 1. The van der Waals surface area contributed by atoms with Gasteiger partial charge >= 0.3 is 24.0 Å². The second-order valence-corrected chi connectivity index (χ2v) is 4.20. The number of aliphatic carboxylic acids is 1. The number of carbonyl (C=O) groups is 1. The number of halogens is 7. The highest BCUT2D eigenvalue weighted by Crippen LogP contribution is 2.61. The van der Waals surface area contributed by atoms with Crippen LogP contribution < -0.4 is 5.73 Å². The zero-order valence-electron chi connectivity index (χ0n) is 8.57. The highest BCUT2D eigenvalue weighted by molar-refractivity contribution is 5.78. The van der Waals surface area contributed by atoms with Gasteiger partial charge in [-0.3, -0.25) is 4.79 Å². The van der Waals surface area contributed by atoms with Gasteiger partial charge < -0.3 is 10.8 Å². The van der Waals surface area contributed by atoms with E-state index in [4.69, 9.17) is 10.8 Å². The summed E-state index contributed by atoms with van der Waals surface area (Å²) in [6, 6.07) is -1.14. The van der Waals surface area contributed by atoms with E-state index in [2.05, 4.69) is 0 Å². The van der Waals surface area contributed by atoms with Crippen LogP contribution >= 0.6 is 0 Å². The second-order valence-electron chi connectivity index (χ2n) is 4.20. The minimum absolute atomic E-state index is 1.14. The summed E-state index contributed by atoms with van der Waals surface area (Å²) in [5.41, 5.74) is 1.54. The maximum Gasteiger partial charge on any atom is 0.459 e. The molecule has 1 saturated carbocycles. The first-order valence-corrected chi connectivity index (χ1v) is 4.61. The smallest absolute Gasteiger partial charge is 0.459 e. The van der Waals surface area contributed by atoms with Crippen LogP contribution in [0, 0.1) is 5.41 Å². The predicted molar refractivity (Wildman–Crippen MR) is 43.2 cm³/mol. The van der Waals surface area contributed by atoms with Crippen LogP contribution in [0.2, 0.25) is 0 Å². The first-order chi connectivity index (χ1) is 7.79. The summed E-state index contributed by atoms with van der Waals surface area (Å²) in [6.45, 7) is 0. The Hall–Kier alpha value is -1.06. The van der Waals surface area contributed by atoms with Crippen molar-refractivity contribution in [3.63, 3.8) is 0 Å². The molecule has 0 spiro atoms. The summed E-state index contributed by atoms with van der Waals surface area (Å²) in [6.07, 6.45) is -8.82. The molecule has 10 heteroatoms. The SMILES string of the molecule is NC1CC(C(=O)O)(C(F)(F)C(F)(F)C(F)(F)F)C1. The van der Waals surface area contributed by atoms with E-state index in [1.54, 1.807) is 0 Å². The maximum absolute atomic E-state index is 13.3. The Bertz CT molecular complexity index is 359. The van der Waals surface area contributed by atoms with Crippen molar-refractivity contribution in [2.45, 2.75) is 36.9 Å². The molecule has 3 N–H and O–H groups in total. The van der Waals surface area contributed by atoms with E-state index in [1.165, 1.54) is 0 Å². The fraction of sp³-hybridized carbons (Fsp3) is 0.875. The van der Waals surface area contributed by atoms with Crippen LogP contribution in [0.3, 0.4) is 0 Å². The number of hydrogen-bond acceptors (Lipinski definition) is 2. The van der Waals surface area contributed by atoms with Gasteiger partial charge in [0.2, 0.25) is 0 Å². The zero-order chi connectivity index (χ0) is 14.6. The fourth-order valence-corrected chi connectivity index (χ4v) is 1.88. The molecule has 0 amide bonds. The summed E-state index contributed by atoms with van der Waals surface area (Å²) < 4.78 is 87.9. The molecule has 18 heavy (non-hydrogen) atoms. The van der Waals surface area contributed by atoms with Crippen molar-refractivity contribution in [1.29, 1.82) is 0 Å². The largest absolute Gasteiger partial charge is 0.481 e. The van der Waals surface area contributed by atoms with Gasteiger partial charge in [-0.05, 0) is 12.8 Å². The lowest BCUT2D eigenvalue weighted by molar-refractivity contribution is -0.383.